The molecule has 1 aromatic carbocycles. The number of rotatable bonds is 11. The minimum Gasteiger partial charge on any atom is -0.496 e. The van der Waals surface area contributed by atoms with Crippen LogP contribution in [0.1, 0.15) is 23.3 Å². The molecule has 1 aliphatic rings. The van der Waals surface area contributed by atoms with Gasteiger partial charge in [0.2, 0.25) is 0 Å². The molecule has 3 rings (SSSR count). The van der Waals surface area contributed by atoms with Gasteiger partial charge in [-0.05, 0) is 49.1 Å². The van der Waals surface area contributed by atoms with E-state index in [0.29, 0.717) is 0 Å². The number of hydrogen-bond donors (Lipinski definition) is 2. The van der Waals surface area contributed by atoms with E-state index in [1.54, 1.807) is 13.4 Å². The van der Waals surface area contributed by atoms with Crippen molar-refractivity contribution >= 4 is 29.9 Å². The molecule has 1 saturated heterocycles. The number of methoxy groups -OCH3 is 1. The molecular formula is C24H37IN4O3. The maximum atomic E-state index is 5.44. The lowest BCUT2D eigenvalue weighted by Gasteiger charge is -2.26. The lowest BCUT2D eigenvalue weighted by Crippen LogP contribution is -2.40. The van der Waals surface area contributed by atoms with Gasteiger partial charge in [0, 0.05) is 45.7 Å². The summed E-state index contributed by atoms with van der Waals surface area (Å²) in [7, 11) is 1.72. The smallest absolute Gasteiger partial charge is 0.191 e. The van der Waals surface area contributed by atoms with Gasteiger partial charge in [-0.15, -0.1) is 24.0 Å². The SMILES string of the molecule is COc1cc(CCNC(=NCCCN2CCOCC2)NCCc2ccco2)ccc1C.I. The Kier molecular flexibility index (Phi) is 12.5. The average molecular weight is 556 g/mol. The van der Waals surface area contributed by atoms with Gasteiger partial charge < -0.3 is 24.5 Å². The summed E-state index contributed by atoms with van der Waals surface area (Å²) in [4.78, 5) is 7.23. The maximum absolute atomic E-state index is 5.44. The number of furan rings is 1. The summed E-state index contributed by atoms with van der Waals surface area (Å²) >= 11 is 0. The molecule has 1 aliphatic heterocycles. The van der Waals surface area contributed by atoms with Crippen molar-refractivity contribution in [3.63, 3.8) is 0 Å². The third kappa shape index (κ3) is 9.38. The average Bonchev–Trinajstić information content (AvgIpc) is 3.31. The van der Waals surface area contributed by atoms with Crippen LogP contribution in [0.25, 0.3) is 0 Å². The monoisotopic (exact) mass is 556 g/mol. The third-order valence-corrected chi connectivity index (χ3v) is 5.43. The number of morpholine rings is 1. The summed E-state index contributed by atoms with van der Waals surface area (Å²) in [5.41, 5.74) is 2.40. The Morgan fingerprint density at radius 1 is 1.12 bits per heavy atom. The van der Waals surface area contributed by atoms with Crippen molar-refractivity contribution in [2.24, 2.45) is 4.99 Å². The molecule has 0 spiro atoms. The van der Waals surface area contributed by atoms with Crippen molar-refractivity contribution in [3.05, 3.63) is 53.5 Å². The number of guanidine groups is 1. The molecule has 0 unspecified atom stereocenters. The molecule has 32 heavy (non-hydrogen) atoms. The van der Waals surface area contributed by atoms with Crippen LogP contribution in [-0.4, -0.2) is 70.5 Å². The fourth-order valence-electron chi connectivity index (χ4n) is 3.59. The van der Waals surface area contributed by atoms with Crippen molar-refractivity contribution in [1.29, 1.82) is 0 Å². The second-order valence-electron chi connectivity index (χ2n) is 7.77. The Balaban J connectivity index is 0.00000363. The normalized spacial score (nSPS) is 14.6. The van der Waals surface area contributed by atoms with Gasteiger partial charge >= 0.3 is 0 Å². The van der Waals surface area contributed by atoms with Gasteiger partial charge in [-0.1, -0.05) is 12.1 Å². The fraction of sp³-hybridized carbons (Fsp3) is 0.542. The van der Waals surface area contributed by atoms with Crippen LogP contribution in [0, 0.1) is 6.92 Å². The van der Waals surface area contributed by atoms with Gasteiger partial charge in [-0.3, -0.25) is 9.89 Å². The predicted molar refractivity (Wildman–Crippen MR) is 139 cm³/mol. The number of nitrogens with one attached hydrogen (secondary N) is 2. The molecule has 0 radical (unpaired) electrons. The van der Waals surface area contributed by atoms with Crippen molar-refractivity contribution in [2.75, 3.05) is 59.6 Å². The molecule has 1 fully saturated rings. The lowest BCUT2D eigenvalue weighted by atomic mass is 10.1. The van der Waals surface area contributed by atoms with E-state index < -0.39 is 0 Å². The first kappa shape index (κ1) is 26.5. The number of benzene rings is 1. The Labute approximate surface area is 209 Å². The second kappa shape index (κ2) is 15.1. The molecule has 0 amide bonds. The van der Waals surface area contributed by atoms with Crippen LogP contribution in [0.15, 0.2) is 46.0 Å². The van der Waals surface area contributed by atoms with E-state index in [2.05, 4.69) is 40.7 Å². The van der Waals surface area contributed by atoms with Crippen LogP contribution >= 0.6 is 24.0 Å². The zero-order chi connectivity index (χ0) is 21.7. The third-order valence-electron chi connectivity index (χ3n) is 5.43. The fourth-order valence-corrected chi connectivity index (χ4v) is 3.59. The van der Waals surface area contributed by atoms with E-state index in [4.69, 9.17) is 18.9 Å². The van der Waals surface area contributed by atoms with E-state index in [1.165, 1.54) is 5.56 Å². The first-order valence-electron chi connectivity index (χ1n) is 11.2. The van der Waals surface area contributed by atoms with E-state index in [9.17, 15) is 0 Å². The highest BCUT2D eigenvalue weighted by Crippen LogP contribution is 2.19. The molecule has 2 aromatic rings. The molecule has 0 bridgehead atoms. The Hall–Kier alpha value is -1.78. The van der Waals surface area contributed by atoms with Gasteiger partial charge in [0.05, 0.1) is 26.6 Å². The molecule has 0 aliphatic carbocycles. The highest BCUT2D eigenvalue weighted by Gasteiger charge is 2.09. The lowest BCUT2D eigenvalue weighted by molar-refractivity contribution is 0.0377. The van der Waals surface area contributed by atoms with Crippen LogP contribution < -0.4 is 15.4 Å². The minimum atomic E-state index is 0. The summed E-state index contributed by atoms with van der Waals surface area (Å²) < 4.78 is 16.3. The summed E-state index contributed by atoms with van der Waals surface area (Å²) in [6, 6.07) is 10.3. The molecule has 2 heterocycles. The first-order valence-corrected chi connectivity index (χ1v) is 11.2. The Bertz CT molecular complexity index is 793. The number of aryl methyl sites for hydroxylation is 1. The van der Waals surface area contributed by atoms with Crippen molar-refractivity contribution in [1.82, 2.24) is 15.5 Å². The minimum absolute atomic E-state index is 0. The zero-order valence-electron chi connectivity index (χ0n) is 19.3. The van der Waals surface area contributed by atoms with E-state index >= 15 is 0 Å². The number of halogens is 1. The van der Waals surface area contributed by atoms with Crippen LogP contribution in [0.4, 0.5) is 0 Å². The molecule has 0 atom stereocenters. The van der Waals surface area contributed by atoms with Gasteiger partial charge in [0.15, 0.2) is 5.96 Å². The van der Waals surface area contributed by atoms with Crippen molar-refractivity contribution in [2.45, 2.75) is 26.2 Å². The quantitative estimate of drug-likeness (QED) is 0.192. The maximum Gasteiger partial charge on any atom is 0.191 e. The van der Waals surface area contributed by atoms with E-state index in [1.807, 2.05) is 12.1 Å². The van der Waals surface area contributed by atoms with E-state index in [-0.39, 0.29) is 24.0 Å². The number of nitrogens with zero attached hydrogens (tertiary/aromatic N) is 2. The Morgan fingerprint density at radius 2 is 1.91 bits per heavy atom. The van der Waals surface area contributed by atoms with Gasteiger partial charge in [0.1, 0.15) is 11.5 Å². The largest absolute Gasteiger partial charge is 0.496 e. The van der Waals surface area contributed by atoms with Gasteiger partial charge in [0.25, 0.3) is 0 Å². The molecule has 7 nitrogen and oxygen atoms in total. The molecule has 0 saturated carbocycles. The molecule has 8 heteroatoms. The highest BCUT2D eigenvalue weighted by molar-refractivity contribution is 14.0. The molecule has 178 valence electrons. The van der Waals surface area contributed by atoms with Crippen LogP contribution in [0.3, 0.4) is 0 Å². The van der Waals surface area contributed by atoms with Crippen LogP contribution in [-0.2, 0) is 17.6 Å². The summed E-state index contributed by atoms with van der Waals surface area (Å²) in [5, 5.41) is 6.91. The number of aliphatic imine (C=N–C) groups is 1. The van der Waals surface area contributed by atoms with Gasteiger partial charge in [-0.2, -0.15) is 0 Å². The molecule has 2 N–H and O–H groups in total. The second-order valence-corrected chi connectivity index (χ2v) is 7.77. The van der Waals surface area contributed by atoms with Crippen molar-refractivity contribution < 1.29 is 13.9 Å². The zero-order valence-corrected chi connectivity index (χ0v) is 21.6. The molecule has 1 aromatic heterocycles. The van der Waals surface area contributed by atoms with Gasteiger partial charge in [-0.25, -0.2) is 0 Å². The standard InChI is InChI=1S/C24H36N4O3.HI/c1-20-6-7-21(19-23(20)29-2)8-11-26-24(27-12-9-22-5-3-16-31-22)25-10-4-13-28-14-17-30-18-15-28;/h3,5-7,16,19H,4,8-15,17-18H2,1-2H3,(H2,25,26,27);1H. The number of ether oxygens (including phenoxy) is 2. The van der Waals surface area contributed by atoms with Crippen molar-refractivity contribution in [3.8, 4) is 5.75 Å². The highest BCUT2D eigenvalue weighted by atomic mass is 127. The van der Waals surface area contributed by atoms with Crippen LogP contribution in [0.5, 0.6) is 5.75 Å². The summed E-state index contributed by atoms with van der Waals surface area (Å²) in [5.74, 6) is 2.77. The summed E-state index contributed by atoms with van der Waals surface area (Å²) in [6.07, 6.45) is 4.49. The van der Waals surface area contributed by atoms with E-state index in [0.717, 1.165) is 94.8 Å². The number of hydrogen-bond acceptors (Lipinski definition) is 5. The summed E-state index contributed by atoms with van der Waals surface area (Å²) in [6.45, 7) is 9.24. The first-order chi connectivity index (χ1) is 15.2. The Morgan fingerprint density at radius 3 is 2.62 bits per heavy atom. The molecular weight excluding hydrogens is 519 g/mol. The topological polar surface area (TPSA) is 71.3 Å². The predicted octanol–water partition coefficient (Wildman–Crippen LogP) is 3.26. The van der Waals surface area contributed by atoms with Crippen LogP contribution in [0.2, 0.25) is 0 Å².